The molecule has 1 unspecified atom stereocenters. The third-order valence-electron chi connectivity index (χ3n) is 4.71. The molecule has 1 N–H and O–H groups in total. The van der Waals surface area contributed by atoms with Crippen molar-refractivity contribution in [3.8, 4) is 0 Å². The lowest BCUT2D eigenvalue weighted by Gasteiger charge is -2.31. The number of anilines is 3. The van der Waals surface area contributed by atoms with Crippen molar-refractivity contribution in [1.29, 1.82) is 0 Å². The molecule has 0 aliphatic carbocycles. The van der Waals surface area contributed by atoms with E-state index in [0.29, 0.717) is 5.92 Å². The van der Waals surface area contributed by atoms with E-state index in [0.717, 1.165) is 36.2 Å². The highest BCUT2D eigenvalue weighted by Gasteiger charge is 2.19. The second-order valence-electron chi connectivity index (χ2n) is 7.29. The first-order valence-corrected chi connectivity index (χ1v) is 8.88. The summed E-state index contributed by atoms with van der Waals surface area (Å²) in [5.74, 6) is 2.44. The molecule has 4 heteroatoms. The van der Waals surface area contributed by atoms with Crippen molar-refractivity contribution in [1.82, 2.24) is 9.97 Å². The number of rotatable bonds is 3. The van der Waals surface area contributed by atoms with Crippen LogP contribution in [0.3, 0.4) is 0 Å². The highest BCUT2D eigenvalue weighted by Crippen LogP contribution is 2.27. The van der Waals surface area contributed by atoms with E-state index >= 15 is 0 Å². The fraction of sp³-hybridized carbons (Fsp3) is 0.500. The fourth-order valence-corrected chi connectivity index (χ4v) is 3.63. The topological polar surface area (TPSA) is 41.1 Å². The van der Waals surface area contributed by atoms with E-state index in [1.54, 1.807) is 0 Å². The van der Waals surface area contributed by atoms with Gasteiger partial charge in [-0.3, -0.25) is 0 Å². The van der Waals surface area contributed by atoms with Crippen LogP contribution in [-0.2, 0) is 0 Å². The summed E-state index contributed by atoms with van der Waals surface area (Å²) in [5, 5.41) is 3.52. The molecule has 1 aromatic heterocycles. The van der Waals surface area contributed by atoms with Gasteiger partial charge in [-0.25, -0.2) is 4.98 Å². The molecule has 0 saturated carbocycles. The molecular weight excluding hydrogens is 296 g/mol. The van der Waals surface area contributed by atoms with Crippen molar-refractivity contribution in [2.75, 3.05) is 23.3 Å². The van der Waals surface area contributed by atoms with Gasteiger partial charge in [0.25, 0.3) is 0 Å². The average molecular weight is 324 g/mol. The van der Waals surface area contributed by atoms with E-state index in [1.807, 2.05) is 13.0 Å². The van der Waals surface area contributed by atoms with Crippen molar-refractivity contribution in [3.05, 3.63) is 40.6 Å². The van der Waals surface area contributed by atoms with Crippen LogP contribution >= 0.6 is 0 Å². The molecule has 3 rings (SSSR count). The molecular formula is C20H28N4. The molecule has 0 radical (unpaired) electrons. The highest BCUT2D eigenvalue weighted by atomic mass is 15.3. The zero-order valence-corrected chi connectivity index (χ0v) is 15.5. The van der Waals surface area contributed by atoms with E-state index in [2.05, 4.69) is 55.0 Å². The van der Waals surface area contributed by atoms with Gasteiger partial charge >= 0.3 is 0 Å². The molecule has 24 heavy (non-hydrogen) atoms. The lowest BCUT2D eigenvalue weighted by Crippen LogP contribution is -2.35. The maximum atomic E-state index is 4.80. The number of hydrogen-bond acceptors (Lipinski definition) is 4. The van der Waals surface area contributed by atoms with Gasteiger partial charge in [0.2, 0.25) is 5.95 Å². The lowest BCUT2D eigenvalue weighted by molar-refractivity contribution is 0.442. The largest absolute Gasteiger partial charge is 0.340 e. The molecule has 1 saturated heterocycles. The molecule has 1 aliphatic heterocycles. The molecule has 1 aromatic carbocycles. The molecule has 1 atom stereocenters. The van der Waals surface area contributed by atoms with Crippen LogP contribution in [0.4, 0.5) is 17.5 Å². The third-order valence-corrected chi connectivity index (χ3v) is 4.71. The van der Waals surface area contributed by atoms with Crippen LogP contribution in [0.5, 0.6) is 0 Å². The van der Waals surface area contributed by atoms with Crippen LogP contribution in [0.15, 0.2) is 18.2 Å². The van der Waals surface area contributed by atoms with Gasteiger partial charge in [-0.15, -0.1) is 0 Å². The normalized spacial score (nSPS) is 17.9. The van der Waals surface area contributed by atoms with Crippen LogP contribution < -0.4 is 10.2 Å². The van der Waals surface area contributed by atoms with E-state index in [1.165, 1.54) is 29.5 Å². The Morgan fingerprint density at radius 2 is 1.75 bits per heavy atom. The Morgan fingerprint density at radius 3 is 2.42 bits per heavy atom. The van der Waals surface area contributed by atoms with Crippen molar-refractivity contribution < 1.29 is 0 Å². The first kappa shape index (κ1) is 16.7. The molecule has 1 aliphatic rings. The number of nitrogens with zero attached hydrogens (tertiary/aromatic N) is 3. The summed E-state index contributed by atoms with van der Waals surface area (Å²) in [6, 6.07) is 6.43. The Hall–Kier alpha value is -2.10. The Labute approximate surface area is 145 Å². The minimum Gasteiger partial charge on any atom is -0.340 e. The van der Waals surface area contributed by atoms with Crippen LogP contribution in [0, 0.1) is 33.6 Å². The number of nitrogens with one attached hydrogen (secondary N) is 1. The summed E-state index contributed by atoms with van der Waals surface area (Å²) in [7, 11) is 0. The molecule has 2 aromatic rings. The van der Waals surface area contributed by atoms with E-state index in [-0.39, 0.29) is 0 Å². The zero-order valence-electron chi connectivity index (χ0n) is 15.5. The maximum Gasteiger partial charge on any atom is 0.227 e. The molecule has 0 bridgehead atoms. The predicted octanol–water partition coefficient (Wildman–Crippen LogP) is 4.69. The minimum absolute atomic E-state index is 0.709. The van der Waals surface area contributed by atoms with Crippen molar-refractivity contribution in [3.63, 3.8) is 0 Å². The summed E-state index contributed by atoms with van der Waals surface area (Å²) in [4.78, 5) is 11.8. The monoisotopic (exact) mass is 324 g/mol. The Balaban J connectivity index is 1.89. The Kier molecular flexibility index (Phi) is 4.74. The van der Waals surface area contributed by atoms with Gasteiger partial charge in [0.15, 0.2) is 0 Å². The zero-order chi connectivity index (χ0) is 17.3. The molecule has 4 nitrogen and oxygen atoms in total. The predicted molar refractivity (Wildman–Crippen MR) is 101 cm³/mol. The van der Waals surface area contributed by atoms with Crippen LogP contribution in [0.1, 0.15) is 42.1 Å². The first-order chi connectivity index (χ1) is 11.4. The van der Waals surface area contributed by atoms with Crippen LogP contribution in [0.25, 0.3) is 0 Å². The van der Waals surface area contributed by atoms with Crippen LogP contribution in [0.2, 0.25) is 0 Å². The van der Waals surface area contributed by atoms with Gasteiger partial charge < -0.3 is 10.2 Å². The average Bonchev–Trinajstić information content (AvgIpc) is 2.50. The molecule has 0 spiro atoms. The molecule has 2 heterocycles. The number of piperidine rings is 1. The smallest absolute Gasteiger partial charge is 0.227 e. The van der Waals surface area contributed by atoms with Gasteiger partial charge in [0.1, 0.15) is 5.82 Å². The lowest BCUT2D eigenvalue weighted by atomic mass is 10.0. The van der Waals surface area contributed by atoms with Crippen molar-refractivity contribution in [2.24, 2.45) is 5.92 Å². The quantitative estimate of drug-likeness (QED) is 0.889. The van der Waals surface area contributed by atoms with Crippen LogP contribution in [-0.4, -0.2) is 23.1 Å². The third kappa shape index (κ3) is 3.69. The van der Waals surface area contributed by atoms with E-state index < -0.39 is 0 Å². The maximum absolute atomic E-state index is 4.80. The fourth-order valence-electron chi connectivity index (χ4n) is 3.63. The summed E-state index contributed by atoms with van der Waals surface area (Å²) in [5.41, 5.74) is 5.94. The number of aryl methyl sites for hydroxylation is 4. The van der Waals surface area contributed by atoms with Crippen molar-refractivity contribution >= 4 is 17.5 Å². The SMILES string of the molecule is Cc1cc(C)c(Nc2cc(C)nc(N3CCCC(C)C3)n2)c(C)c1. The van der Waals surface area contributed by atoms with Gasteiger partial charge in [-0.2, -0.15) is 4.98 Å². The number of aromatic nitrogens is 2. The second kappa shape index (κ2) is 6.80. The summed E-state index contributed by atoms with van der Waals surface area (Å²) < 4.78 is 0. The van der Waals surface area contributed by atoms with Gasteiger partial charge in [-0.05, 0) is 57.6 Å². The first-order valence-electron chi connectivity index (χ1n) is 8.88. The minimum atomic E-state index is 0.709. The number of hydrogen-bond donors (Lipinski definition) is 1. The van der Waals surface area contributed by atoms with Gasteiger partial charge in [0.05, 0.1) is 0 Å². The van der Waals surface area contributed by atoms with Gasteiger partial charge in [-0.1, -0.05) is 24.6 Å². The number of benzene rings is 1. The standard InChI is InChI=1S/C20H28N4/c1-13-7-6-8-24(12-13)20-21-17(5)11-18(23-20)22-19-15(3)9-14(2)10-16(19)4/h9-11,13H,6-8,12H2,1-5H3,(H,21,22,23). The summed E-state index contributed by atoms with van der Waals surface area (Å²) in [6.07, 6.45) is 2.52. The Morgan fingerprint density at radius 1 is 1.04 bits per heavy atom. The molecule has 1 fully saturated rings. The van der Waals surface area contributed by atoms with E-state index in [9.17, 15) is 0 Å². The summed E-state index contributed by atoms with van der Waals surface area (Å²) >= 11 is 0. The Bertz CT molecular complexity index is 715. The van der Waals surface area contributed by atoms with Crippen molar-refractivity contribution in [2.45, 2.75) is 47.5 Å². The van der Waals surface area contributed by atoms with Gasteiger partial charge in [0, 0.05) is 30.5 Å². The molecule has 0 amide bonds. The van der Waals surface area contributed by atoms with E-state index in [4.69, 9.17) is 4.98 Å². The highest BCUT2D eigenvalue weighted by molar-refractivity contribution is 5.66. The second-order valence-corrected chi connectivity index (χ2v) is 7.29. The summed E-state index contributed by atoms with van der Waals surface area (Å²) in [6.45, 7) is 12.9. The molecule has 128 valence electrons.